The number of amides is 1. The van der Waals surface area contributed by atoms with Crippen molar-refractivity contribution in [1.82, 2.24) is 0 Å². The Morgan fingerprint density at radius 3 is 2.58 bits per heavy atom. The van der Waals surface area contributed by atoms with Gasteiger partial charge in [0.05, 0.1) is 11.3 Å². The molecule has 6 heteroatoms. The Hall–Kier alpha value is -1.04. The lowest BCUT2D eigenvalue weighted by atomic mass is 10.0. The highest BCUT2D eigenvalue weighted by atomic mass is 79.9. The van der Waals surface area contributed by atoms with Gasteiger partial charge in [-0.15, -0.1) is 0 Å². The Bertz CT molecular complexity index is 460. The first kappa shape index (κ1) is 16.0. The third kappa shape index (κ3) is 4.86. The molecule has 2 nitrogen and oxygen atoms in total. The third-order valence-corrected chi connectivity index (χ3v) is 3.49. The fourth-order valence-electron chi connectivity index (χ4n) is 1.46. The quantitative estimate of drug-likeness (QED) is 0.836. The van der Waals surface area contributed by atoms with Gasteiger partial charge in [-0.1, -0.05) is 20.3 Å². The molecule has 1 N–H and O–H groups in total. The van der Waals surface area contributed by atoms with Gasteiger partial charge in [0.1, 0.15) is 0 Å². The van der Waals surface area contributed by atoms with Crippen molar-refractivity contribution in [3.63, 3.8) is 0 Å². The fraction of sp³-hybridized carbons (Fsp3) is 0.462. The van der Waals surface area contributed by atoms with Crippen molar-refractivity contribution in [2.45, 2.75) is 32.9 Å². The van der Waals surface area contributed by atoms with E-state index in [1.54, 1.807) is 0 Å². The number of carbonyl (C=O) groups is 1. The van der Waals surface area contributed by atoms with E-state index in [0.717, 1.165) is 18.6 Å². The Balaban J connectivity index is 2.86. The van der Waals surface area contributed by atoms with Gasteiger partial charge in [-0.2, -0.15) is 13.2 Å². The molecule has 0 saturated carbocycles. The molecule has 1 unspecified atom stereocenters. The molecule has 1 aromatic carbocycles. The number of alkyl halides is 3. The Labute approximate surface area is 118 Å². The van der Waals surface area contributed by atoms with E-state index >= 15 is 0 Å². The SMILES string of the molecule is CCC(C)CC(=O)Nc1cc(C(F)(F)F)ccc1Br. The predicted molar refractivity (Wildman–Crippen MR) is 71.8 cm³/mol. The molecule has 19 heavy (non-hydrogen) atoms. The Morgan fingerprint density at radius 1 is 1.42 bits per heavy atom. The normalized spacial score (nSPS) is 13.2. The van der Waals surface area contributed by atoms with Gasteiger partial charge >= 0.3 is 6.18 Å². The number of hydrogen-bond donors (Lipinski definition) is 1. The van der Waals surface area contributed by atoms with Crippen molar-refractivity contribution in [3.05, 3.63) is 28.2 Å². The number of halogens is 4. The predicted octanol–water partition coefficient (Wildman–Crippen LogP) is 4.84. The zero-order valence-electron chi connectivity index (χ0n) is 10.6. The maximum absolute atomic E-state index is 12.6. The summed E-state index contributed by atoms with van der Waals surface area (Å²) in [5, 5.41) is 2.50. The Morgan fingerprint density at radius 2 is 2.05 bits per heavy atom. The molecule has 106 valence electrons. The second kappa shape index (κ2) is 6.41. The average Bonchev–Trinajstić information content (AvgIpc) is 2.30. The standard InChI is InChI=1S/C13H15BrF3NO/c1-3-8(2)6-12(19)18-11-7-9(13(15,16)17)4-5-10(11)14/h4-5,7-8H,3,6H2,1-2H3,(H,18,19). The molecule has 0 aliphatic heterocycles. The molecule has 1 rings (SSSR count). The van der Waals surface area contributed by atoms with Gasteiger partial charge in [-0.3, -0.25) is 4.79 Å². The van der Waals surface area contributed by atoms with Crippen molar-refractivity contribution in [2.24, 2.45) is 5.92 Å². The topological polar surface area (TPSA) is 29.1 Å². The Kier molecular flexibility index (Phi) is 5.40. The second-order valence-corrected chi connectivity index (χ2v) is 5.31. The zero-order chi connectivity index (χ0) is 14.6. The van der Waals surface area contributed by atoms with Gasteiger partial charge in [0.25, 0.3) is 0 Å². The molecule has 1 atom stereocenters. The fourth-order valence-corrected chi connectivity index (χ4v) is 1.81. The number of hydrogen-bond acceptors (Lipinski definition) is 1. The molecule has 0 saturated heterocycles. The van der Waals surface area contributed by atoms with Gasteiger partial charge in [0, 0.05) is 10.9 Å². The van der Waals surface area contributed by atoms with Crippen LogP contribution in [0.3, 0.4) is 0 Å². The van der Waals surface area contributed by atoms with Crippen molar-refractivity contribution >= 4 is 27.5 Å². The number of benzene rings is 1. The number of carbonyl (C=O) groups excluding carboxylic acids is 1. The highest BCUT2D eigenvalue weighted by Crippen LogP contribution is 2.34. The van der Waals surface area contributed by atoms with Crippen LogP contribution < -0.4 is 5.32 Å². The van der Waals surface area contributed by atoms with Crippen LogP contribution in [0.1, 0.15) is 32.3 Å². The lowest BCUT2D eigenvalue weighted by Gasteiger charge is -2.13. The van der Waals surface area contributed by atoms with E-state index in [1.807, 2.05) is 13.8 Å². The lowest BCUT2D eigenvalue weighted by molar-refractivity contribution is -0.137. The first-order valence-electron chi connectivity index (χ1n) is 5.90. The molecule has 1 aromatic rings. The largest absolute Gasteiger partial charge is 0.416 e. The van der Waals surface area contributed by atoms with Gasteiger partial charge in [-0.25, -0.2) is 0 Å². The van der Waals surface area contributed by atoms with Crippen LogP contribution in [-0.4, -0.2) is 5.91 Å². The van der Waals surface area contributed by atoms with E-state index < -0.39 is 11.7 Å². The zero-order valence-corrected chi connectivity index (χ0v) is 12.2. The van der Waals surface area contributed by atoms with Crippen LogP contribution in [0.15, 0.2) is 22.7 Å². The van der Waals surface area contributed by atoms with E-state index in [2.05, 4.69) is 21.2 Å². The van der Waals surface area contributed by atoms with Gasteiger partial charge < -0.3 is 5.32 Å². The molecular formula is C13H15BrF3NO. The first-order valence-corrected chi connectivity index (χ1v) is 6.70. The van der Waals surface area contributed by atoms with Crippen LogP contribution in [0.25, 0.3) is 0 Å². The number of nitrogens with one attached hydrogen (secondary N) is 1. The summed E-state index contributed by atoms with van der Waals surface area (Å²) in [6, 6.07) is 3.18. The van der Waals surface area contributed by atoms with Crippen LogP contribution in [0.5, 0.6) is 0 Å². The summed E-state index contributed by atoms with van der Waals surface area (Å²) in [7, 11) is 0. The van der Waals surface area contributed by atoms with Crippen molar-refractivity contribution < 1.29 is 18.0 Å². The molecule has 0 aromatic heterocycles. The maximum Gasteiger partial charge on any atom is 0.416 e. The summed E-state index contributed by atoms with van der Waals surface area (Å²) in [6.07, 6.45) is -3.28. The summed E-state index contributed by atoms with van der Waals surface area (Å²) >= 11 is 3.13. The van der Waals surface area contributed by atoms with Crippen LogP contribution in [0.4, 0.5) is 18.9 Å². The monoisotopic (exact) mass is 337 g/mol. The minimum atomic E-state index is -4.42. The molecule has 0 aliphatic rings. The third-order valence-electron chi connectivity index (χ3n) is 2.80. The lowest BCUT2D eigenvalue weighted by Crippen LogP contribution is -2.16. The number of anilines is 1. The highest BCUT2D eigenvalue weighted by Gasteiger charge is 2.31. The molecule has 0 aliphatic carbocycles. The van der Waals surface area contributed by atoms with Crippen LogP contribution in [-0.2, 0) is 11.0 Å². The first-order chi connectivity index (χ1) is 8.74. The summed E-state index contributed by atoms with van der Waals surface area (Å²) in [5.74, 6) is -0.0843. The summed E-state index contributed by atoms with van der Waals surface area (Å²) in [5.41, 5.74) is -0.641. The van der Waals surface area contributed by atoms with Crippen LogP contribution in [0.2, 0.25) is 0 Å². The molecule has 0 fully saturated rings. The van der Waals surface area contributed by atoms with E-state index in [-0.39, 0.29) is 17.5 Å². The average molecular weight is 338 g/mol. The van der Waals surface area contributed by atoms with Crippen LogP contribution in [0, 0.1) is 5.92 Å². The molecular weight excluding hydrogens is 323 g/mol. The molecule has 0 heterocycles. The van der Waals surface area contributed by atoms with E-state index in [9.17, 15) is 18.0 Å². The molecule has 1 amide bonds. The molecule has 0 bridgehead atoms. The summed E-state index contributed by atoms with van der Waals surface area (Å²) < 4.78 is 38.1. The maximum atomic E-state index is 12.6. The van der Waals surface area contributed by atoms with E-state index in [0.29, 0.717) is 10.9 Å². The highest BCUT2D eigenvalue weighted by molar-refractivity contribution is 9.10. The summed E-state index contributed by atoms with van der Waals surface area (Å²) in [4.78, 5) is 11.7. The van der Waals surface area contributed by atoms with Crippen molar-refractivity contribution in [1.29, 1.82) is 0 Å². The van der Waals surface area contributed by atoms with Gasteiger partial charge in [-0.05, 0) is 40.0 Å². The van der Waals surface area contributed by atoms with Gasteiger partial charge in [0.15, 0.2) is 0 Å². The van der Waals surface area contributed by atoms with E-state index in [4.69, 9.17) is 0 Å². The second-order valence-electron chi connectivity index (χ2n) is 4.46. The molecule has 0 spiro atoms. The molecule has 0 radical (unpaired) electrons. The van der Waals surface area contributed by atoms with Crippen LogP contribution >= 0.6 is 15.9 Å². The van der Waals surface area contributed by atoms with E-state index in [1.165, 1.54) is 6.07 Å². The van der Waals surface area contributed by atoms with Gasteiger partial charge in [0.2, 0.25) is 5.91 Å². The van der Waals surface area contributed by atoms with Crippen molar-refractivity contribution in [2.75, 3.05) is 5.32 Å². The minimum absolute atomic E-state index is 0.142. The van der Waals surface area contributed by atoms with Crippen molar-refractivity contribution in [3.8, 4) is 0 Å². The number of rotatable bonds is 4. The smallest absolute Gasteiger partial charge is 0.325 e. The minimum Gasteiger partial charge on any atom is -0.325 e. The summed E-state index contributed by atoms with van der Waals surface area (Å²) in [6.45, 7) is 3.87.